The molecule has 0 saturated carbocycles. The van der Waals surface area contributed by atoms with Gasteiger partial charge in [0.15, 0.2) is 0 Å². The lowest BCUT2D eigenvalue weighted by molar-refractivity contribution is -0.120. The summed E-state index contributed by atoms with van der Waals surface area (Å²) in [5.74, 6) is 6.17. The molecule has 0 spiro atoms. The molecule has 0 radical (unpaired) electrons. The van der Waals surface area contributed by atoms with Gasteiger partial charge in [-0.3, -0.25) is 4.79 Å². The van der Waals surface area contributed by atoms with Crippen LogP contribution in [0.2, 0.25) is 0 Å². The molecule has 3 nitrogen and oxygen atoms in total. The highest BCUT2D eigenvalue weighted by Gasteiger charge is 2.26. The molecule has 0 heterocycles. The highest BCUT2D eigenvalue weighted by atomic mass is 16.3. The van der Waals surface area contributed by atoms with Crippen LogP contribution in [0.1, 0.15) is 39.7 Å². The van der Waals surface area contributed by atoms with Gasteiger partial charge in [-0.1, -0.05) is 49.1 Å². The maximum absolute atomic E-state index is 12.7. The molecule has 0 bridgehead atoms. The summed E-state index contributed by atoms with van der Waals surface area (Å²) in [6.45, 7) is 7.23. The minimum atomic E-state index is -0.972. The zero-order chi connectivity index (χ0) is 19.2. The Morgan fingerprint density at radius 3 is 2.54 bits per heavy atom. The quantitative estimate of drug-likeness (QED) is 0.813. The fourth-order valence-corrected chi connectivity index (χ4v) is 2.49. The monoisotopic (exact) mass is 349 g/mol. The number of rotatable bonds is 4. The number of hydrogen-bond donors (Lipinski definition) is 2. The minimum Gasteiger partial charge on any atom is -0.388 e. The van der Waals surface area contributed by atoms with Gasteiger partial charge in [0, 0.05) is 22.6 Å². The largest absolute Gasteiger partial charge is 0.388 e. The number of nitrogens with one attached hydrogen (secondary N) is 1. The molecule has 1 amide bonds. The van der Waals surface area contributed by atoms with E-state index in [1.165, 1.54) is 0 Å². The minimum absolute atomic E-state index is 0.0243. The van der Waals surface area contributed by atoms with E-state index in [4.69, 9.17) is 0 Å². The SMILES string of the molecule is CCC1C=CC(C#Cc2ccccc2)=CC=C1C(=O)NC(C)C(C)(C)O. The molecule has 0 saturated heterocycles. The van der Waals surface area contributed by atoms with Crippen molar-refractivity contribution in [2.45, 2.75) is 45.8 Å². The Bertz CT molecular complexity index is 783. The van der Waals surface area contributed by atoms with Gasteiger partial charge in [0.2, 0.25) is 5.91 Å². The smallest absolute Gasteiger partial charge is 0.248 e. The molecule has 2 atom stereocenters. The van der Waals surface area contributed by atoms with Gasteiger partial charge in [-0.05, 0) is 51.5 Å². The molecule has 3 heteroatoms. The fourth-order valence-electron chi connectivity index (χ4n) is 2.49. The summed E-state index contributed by atoms with van der Waals surface area (Å²) >= 11 is 0. The molecule has 1 aromatic rings. The molecule has 136 valence electrons. The second kappa shape index (κ2) is 8.69. The van der Waals surface area contributed by atoms with Crippen LogP contribution in [-0.2, 0) is 4.79 Å². The van der Waals surface area contributed by atoms with Crippen molar-refractivity contribution in [3.8, 4) is 11.8 Å². The van der Waals surface area contributed by atoms with Crippen molar-refractivity contribution in [1.29, 1.82) is 0 Å². The van der Waals surface area contributed by atoms with E-state index in [9.17, 15) is 9.90 Å². The second-order valence-electron chi connectivity index (χ2n) is 7.08. The molecule has 2 N–H and O–H groups in total. The molecule has 1 aromatic carbocycles. The first-order valence-electron chi connectivity index (χ1n) is 9.01. The van der Waals surface area contributed by atoms with Gasteiger partial charge in [-0.25, -0.2) is 0 Å². The number of carbonyl (C=O) groups is 1. The first kappa shape index (κ1) is 19.8. The van der Waals surface area contributed by atoms with E-state index < -0.39 is 5.60 Å². The highest BCUT2D eigenvalue weighted by molar-refractivity contribution is 5.95. The van der Waals surface area contributed by atoms with Crippen LogP contribution in [0.4, 0.5) is 0 Å². The number of benzene rings is 1. The van der Waals surface area contributed by atoms with Gasteiger partial charge in [0.05, 0.1) is 11.6 Å². The average Bonchev–Trinajstić information content (AvgIpc) is 2.82. The third-order valence-corrected chi connectivity index (χ3v) is 4.58. The molecule has 2 unspecified atom stereocenters. The lowest BCUT2D eigenvalue weighted by atomic mass is 9.94. The predicted octanol–water partition coefficient (Wildman–Crippen LogP) is 3.76. The second-order valence-corrected chi connectivity index (χ2v) is 7.08. The first-order chi connectivity index (χ1) is 12.3. The Kier molecular flexibility index (Phi) is 6.60. The zero-order valence-corrected chi connectivity index (χ0v) is 15.9. The van der Waals surface area contributed by atoms with Crippen molar-refractivity contribution < 1.29 is 9.90 Å². The maximum Gasteiger partial charge on any atom is 0.248 e. The van der Waals surface area contributed by atoms with Crippen LogP contribution in [0.3, 0.4) is 0 Å². The number of allylic oxidation sites excluding steroid dienone is 5. The molecule has 0 fully saturated rings. The predicted molar refractivity (Wildman–Crippen MR) is 106 cm³/mol. The van der Waals surface area contributed by atoms with Crippen molar-refractivity contribution >= 4 is 5.91 Å². The third kappa shape index (κ3) is 5.47. The van der Waals surface area contributed by atoms with E-state index in [1.54, 1.807) is 20.8 Å². The van der Waals surface area contributed by atoms with Crippen LogP contribution in [0.5, 0.6) is 0 Å². The summed E-state index contributed by atoms with van der Waals surface area (Å²) in [7, 11) is 0. The maximum atomic E-state index is 12.7. The van der Waals surface area contributed by atoms with Gasteiger partial charge in [0.25, 0.3) is 0 Å². The van der Waals surface area contributed by atoms with E-state index >= 15 is 0 Å². The van der Waals surface area contributed by atoms with Gasteiger partial charge < -0.3 is 10.4 Å². The van der Waals surface area contributed by atoms with E-state index in [0.29, 0.717) is 5.57 Å². The lowest BCUT2D eigenvalue weighted by Gasteiger charge is -2.27. The van der Waals surface area contributed by atoms with Gasteiger partial charge in [-0.2, -0.15) is 0 Å². The topological polar surface area (TPSA) is 49.3 Å². The molecule has 1 aliphatic rings. The van der Waals surface area contributed by atoms with Crippen LogP contribution < -0.4 is 5.32 Å². The Morgan fingerprint density at radius 1 is 1.23 bits per heavy atom. The highest BCUT2D eigenvalue weighted by Crippen LogP contribution is 2.22. The van der Waals surface area contributed by atoms with Crippen molar-refractivity contribution in [1.82, 2.24) is 5.32 Å². The molecule has 1 aliphatic carbocycles. The molecule has 2 rings (SSSR count). The molecular formula is C23H27NO2. The Balaban J connectivity index is 2.22. The summed E-state index contributed by atoms with van der Waals surface area (Å²) in [5.41, 5.74) is 1.54. The molecular weight excluding hydrogens is 322 g/mol. The summed E-state index contributed by atoms with van der Waals surface area (Å²) in [6, 6.07) is 9.47. The van der Waals surface area contributed by atoms with E-state index in [-0.39, 0.29) is 17.9 Å². The summed E-state index contributed by atoms with van der Waals surface area (Å²) in [5, 5.41) is 13.0. The van der Waals surface area contributed by atoms with E-state index in [0.717, 1.165) is 17.6 Å². The third-order valence-electron chi connectivity index (χ3n) is 4.58. The van der Waals surface area contributed by atoms with Crippen molar-refractivity contribution in [3.05, 3.63) is 71.3 Å². The molecule has 0 aromatic heterocycles. The molecule has 26 heavy (non-hydrogen) atoms. The average molecular weight is 349 g/mol. The summed E-state index contributed by atoms with van der Waals surface area (Å²) < 4.78 is 0. The van der Waals surface area contributed by atoms with Crippen LogP contribution >= 0.6 is 0 Å². The number of hydrogen-bond acceptors (Lipinski definition) is 2. The number of amides is 1. The van der Waals surface area contributed by atoms with Crippen LogP contribution in [-0.4, -0.2) is 22.7 Å². The Hall–Kier alpha value is -2.57. The van der Waals surface area contributed by atoms with Crippen LogP contribution in [0, 0.1) is 17.8 Å². The van der Waals surface area contributed by atoms with Crippen LogP contribution in [0.15, 0.2) is 65.8 Å². The normalized spacial score (nSPS) is 18.0. The Labute approximate surface area is 156 Å². The summed E-state index contributed by atoms with van der Waals surface area (Å²) in [4.78, 5) is 12.7. The van der Waals surface area contributed by atoms with Gasteiger partial charge in [-0.15, -0.1) is 0 Å². The van der Waals surface area contributed by atoms with Crippen molar-refractivity contribution in [2.24, 2.45) is 5.92 Å². The summed E-state index contributed by atoms with van der Waals surface area (Å²) in [6.07, 6.45) is 8.54. The zero-order valence-electron chi connectivity index (χ0n) is 15.9. The van der Waals surface area contributed by atoms with Crippen molar-refractivity contribution in [2.75, 3.05) is 0 Å². The van der Waals surface area contributed by atoms with E-state index in [2.05, 4.69) is 24.1 Å². The van der Waals surface area contributed by atoms with E-state index in [1.807, 2.05) is 54.6 Å². The Morgan fingerprint density at radius 2 is 1.92 bits per heavy atom. The number of carbonyl (C=O) groups excluding carboxylic acids is 1. The fraction of sp³-hybridized carbons (Fsp3) is 0.348. The van der Waals surface area contributed by atoms with Crippen LogP contribution in [0.25, 0.3) is 0 Å². The van der Waals surface area contributed by atoms with Gasteiger partial charge >= 0.3 is 0 Å². The lowest BCUT2D eigenvalue weighted by Crippen LogP contribution is -2.48. The first-order valence-corrected chi connectivity index (χ1v) is 9.01. The van der Waals surface area contributed by atoms with Crippen molar-refractivity contribution in [3.63, 3.8) is 0 Å². The van der Waals surface area contributed by atoms with Gasteiger partial charge in [0.1, 0.15) is 0 Å². The standard InChI is InChI=1S/C23H27NO2/c1-5-20-15-13-19(12-11-18-9-7-6-8-10-18)14-16-21(20)22(25)24-17(2)23(3,4)26/h6-10,13-17,20,26H,5H2,1-4H3,(H,24,25). The number of aliphatic hydroxyl groups is 1. The molecule has 0 aliphatic heterocycles.